The smallest absolute Gasteiger partial charge is 0.0465 e. The minimum absolute atomic E-state index is 0.443. The molecule has 1 aromatic rings. The largest absolute Gasteiger partial charge is 0.318 e. The normalized spacial score (nSPS) is 10.2. The monoisotopic (exact) mass is 204 g/mol. The Balaban J connectivity index is 2.72. The molecule has 0 atom stereocenters. The van der Waals surface area contributed by atoms with Gasteiger partial charge >= 0.3 is 0 Å². The summed E-state index contributed by atoms with van der Waals surface area (Å²) in [5, 5.41) is 4.29. The minimum atomic E-state index is 0.443. The molecule has 0 aliphatic rings. The topological polar surface area (TPSA) is 38.0 Å². The zero-order chi connectivity index (χ0) is 8.97. The van der Waals surface area contributed by atoms with Crippen LogP contribution in [0, 0.1) is 0 Å². The van der Waals surface area contributed by atoms with Crippen LogP contribution >= 0.6 is 23.2 Å². The standard InChI is InChI=1S/C8H10Cl2N2/c9-7-2-1-6(4-12-5-11)8(10)3-7/h1-3,12H,4-5,11H2. The molecule has 0 unspecified atom stereocenters. The van der Waals surface area contributed by atoms with Crippen molar-refractivity contribution in [1.82, 2.24) is 5.32 Å². The van der Waals surface area contributed by atoms with Crippen molar-refractivity contribution in [3.8, 4) is 0 Å². The summed E-state index contributed by atoms with van der Waals surface area (Å²) in [6, 6.07) is 5.41. The maximum atomic E-state index is 5.90. The lowest BCUT2D eigenvalue weighted by molar-refractivity contribution is 0.709. The summed E-state index contributed by atoms with van der Waals surface area (Å²) in [6.07, 6.45) is 0. The highest BCUT2D eigenvalue weighted by Crippen LogP contribution is 2.20. The van der Waals surface area contributed by atoms with E-state index in [9.17, 15) is 0 Å². The second-order valence-corrected chi connectivity index (χ2v) is 3.21. The zero-order valence-electron chi connectivity index (χ0n) is 6.48. The van der Waals surface area contributed by atoms with Crippen LogP contribution in [0.2, 0.25) is 10.0 Å². The molecule has 12 heavy (non-hydrogen) atoms. The fourth-order valence-electron chi connectivity index (χ4n) is 0.872. The highest BCUT2D eigenvalue weighted by atomic mass is 35.5. The summed E-state index contributed by atoms with van der Waals surface area (Å²) in [6.45, 7) is 1.12. The number of hydrogen-bond donors (Lipinski definition) is 2. The van der Waals surface area contributed by atoms with Crippen LogP contribution in [0.25, 0.3) is 0 Å². The molecule has 0 radical (unpaired) electrons. The Kier molecular flexibility index (Phi) is 3.82. The molecule has 0 spiro atoms. The van der Waals surface area contributed by atoms with Crippen molar-refractivity contribution in [3.05, 3.63) is 33.8 Å². The molecule has 3 N–H and O–H groups in total. The third kappa shape index (κ3) is 2.64. The Labute approximate surface area is 81.7 Å². The van der Waals surface area contributed by atoms with Gasteiger partial charge < -0.3 is 11.1 Å². The van der Waals surface area contributed by atoms with E-state index in [0.717, 1.165) is 5.56 Å². The van der Waals surface area contributed by atoms with E-state index in [-0.39, 0.29) is 0 Å². The Hall–Kier alpha value is -0.280. The van der Waals surface area contributed by atoms with Gasteiger partial charge in [0.1, 0.15) is 0 Å². The van der Waals surface area contributed by atoms with E-state index in [0.29, 0.717) is 23.3 Å². The number of halogens is 2. The van der Waals surface area contributed by atoms with E-state index in [1.54, 1.807) is 12.1 Å². The maximum absolute atomic E-state index is 5.90. The summed E-state index contributed by atoms with van der Waals surface area (Å²) in [4.78, 5) is 0. The van der Waals surface area contributed by atoms with Gasteiger partial charge in [0.15, 0.2) is 0 Å². The molecule has 1 aromatic carbocycles. The van der Waals surface area contributed by atoms with Gasteiger partial charge in [-0.1, -0.05) is 29.3 Å². The molecule has 0 aliphatic heterocycles. The van der Waals surface area contributed by atoms with E-state index >= 15 is 0 Å². The molecule has 1 rings (SSSR count). The molecule has 0 aliphatic carbocycles. The van der Waals surface area contributed by atoms with E-state index in [2.05, 4.69) is 5.32 Å². The van der Waals surface area contributed by atoms with Gasteiger partial charge in [-0.25, -0.2) is 0 Å². The van der Waals surface area contributed by atoms with E-state index in [1.165, 1.54) is 0 Å². The van der Waals surface area contributed by atoms with Crippen LogP contribution in [0.15, 0.2) is 18.2 Å². The van der Waals surface area contributed by atoms with Crippen molar-refractivity contribution in [2.45, 2.75) is 6.54 Å². The summed E-state index contributed by atoms with van der Waals surface area (Å²) in [5.74, 6) is 0. The fourth-order valence-corrected chi connectivity index (χ4v) is 1.35. The third-order valence-electron chi connectivity index (χ3n) is 1.47. The quantitative estimate of drug-likeness (QED) is 0.740. The lowest BCUT2D eigenvalue weighted by Gasteiger charge is -2.04. The molecular weight excluding hydrogens is 195 g/mol. The summed E-state index contributed by atoms with van der Waals surface area (Å²) in [5.41, 5.74) is 6.28. The predicted molar refractivity (Wildman–Crippen MR) is 52.4 cm³/mol. The van der Waals surface area contributed by atoms with Gasteiger partial charge in [-0.3, -0.25) is 0 Å². The number of hydrogen-bond acceptors (Lipinski definition) is 2. The van der Waals surface area contributed by atoms with Crippen molar-refractivity contribution >= 4 is 23.2 Å². The van der Waals surface area contributed by atoms with Gasteiger partial charge in [-0.15, -0.1) is 0 Å². The summed E-state index contributed by atoms with van der Waals surface area (Å²) >= 11 is 11.6. The maximum Gasteiger partial charge on any atom is 0.0465 e. The third-order valence-corrected chi connectivity index (χ3v) is 2.06. The Morgan fingerprint density at radius 3 is 2.67 bits per heavy atom. The molecule has 0 fully saturated rings. The van der Waals surface area contributed by atoms with Gasteiger partial charge in [-0.2, -0.15) is 0 Å². The lowest BCUT2D eigenvalue weighted by Crippen LogP contribution is -2.21. The first-order chi connectivity index (χ1) is 5.74. The first-order valence-corrected chi connectivity index (χ1v) is 4.34. The number of nitrogens with two attached hydrogens (primary N) is 1. The molecule has 0 amide bonds. The summed E-state index contributed by atoms with van der Waals surface area (Å²) < 4.78 is 0. The van der Waals surface area contributed by atoms with Gasteiger partial charge in [0.05, 0.1) is 0 Å². The van der Waals surface area contributed by atoms with Gasteiger partial charge in [-0.05, 0) is 17.7 Å². The minimum Gasteiger partial charge on any atom is -0.318 e. The number of rotatable bonds is 3. The molecule has 66 valence electrons. The first kappa shape index (κ1) is 9.81. The predicted octanol–water partition coefficient (Wildman–Crippen LogP) is 2.00. The SMILES string of the molecule is NCNCc1ccc(Cl)cc1Cl. The second kappa shape index (κ2) is 4.67. The van der Waals surface area contributed by atoms with Crippen molar-refractivity contribution < 1.29 is 0 Å². The first-order valence-electron chi connectivity index (χ1n) is 3.58. The van der Waals surface area contributed by atoms with Crippen LogP contribution < -0.4 is 11.1 Å². The number of benzene rings is 1. The second-order valence-electron chi connectivity index (χ2n) is 2.37. The van der Waals surface area contributed by atoms with E-state index < -0.39 is 0 Å². The van der Waals surface area contributed by atoms with Crippen LogP contribution in [0.3, 0.4) is 0 Å². The average Bonchev–Trinajstić information content (AvgIpc) is 2.03. The van der Waals surface area contributed by atoms with Gasteiger partial charge in [0.2, 0.25) is 0 Å². The molecule has 2 nitrogen and oxygen atoms in total. The zero-order valence-corrected chi connectivity index (χ0v) is 7.99. The van der Waals surface area contributed by atoms with Crippen molar-refractivity contribution in [1.29, 1.82) is 0 Å². The van der Waals surface area contributed by atoms with Crippen molar-refractivity contribution in [3.63, 3.8) is 0 Å². The van der Waals surface area contributed by atoms with Crippen LogP contribution in [-0.2, 0) is 6.54 Å². The molecule has 0 heterocycles. The molecule has 0 aromatic heterocycles. The fraction of sp³-hybridized carbons (Fsp3) is 0.250. The Morgan fingerprint density at radius 2 is 2.08 bits per heavy atom. The lowest BCUT2D eigenvalue weighted by atomic mass is 10.2. The molecule has 0 bridgehead atoms. The van der Waals surface area contributed by atoms with Gasteiger partial charge in [0, 0.05) is 23.3 Å². The van der Waals surface area contributed by atoms with Crippen LogP contribution in [-0.4, -0.2) is 6.67 Å². The highest BCUT2D eigenvalue weighted by Gasteiger charge is 1.99. The molecule has 0 saturated heterocycles. The number of nitrogens with one attached hydrogen (secondary N) is 1. The molecule has 4 heteroatoms. The van der Waals surface area contributed by atoms with Gasteiger partial charge in [0.25, 0.3) is 0 Å². The van der Waals surface area contributed by atoms with Crippen LogP contribution in [0.5, 0.6) is 0 Å². The highest BCUT2D eigenvalue weighted by molar-refractivity contribution is 6.35. The van der Waals surface area contributed by atoms with Crippen LogP contribution in [0.1, 0.15) is 5.56 Å². The van der Waals surface area contributed by atoms with E-state index in [1.807, 2.05) is 6.07 Å². The Morgan fingerprint density at radius 1 is 1.33 bits per heavy atom. The van der Waals surface area contributed by atoms with Crippen LogP contribution in [0.4, 0.5) is 0 Å². The van der Waals surface area contributed by atoms with Crippen molar-refractivity contribution in [2.24, 2.45) is 5.73 Å². The summed E-state index contributed by atoms with van der Waals surface area (Å²) in [7, 11) is 0. The average molecular weight is 205 g/mol. The van der Waals surface area contributed by atoms with E-state index in [4.69, 9.17) is 28.9 Å². The molecule has 0 saturated carbocycles. The Bertz CT molecular complexity index is 263. The van der Waals surface area contributed by atoms with Crippen molar-refractivity contribution in [2.75, 3.05) is 6.67 Å². The molecular formula is C8H10Cl2N2.